The van der Waals surface area contributed by atoms with E-state index < -0.39 is 0 Å². The lowest BCUT2D eigenvalue weighted by Gasteiger charge is -2.07. The standard InChI is InChI=1S/C16H14Cl2N2O2/c1-11(12-6-2-3-7-13(12)17)19-20-16(21)10-22-15-9-5-4-8-14(15)18/h2-9H,10H2,1H3,(H,20,21)/b19-11-. The lowest BCUT2D eigenvalue weighted by molar-refractivity contribution is -0.123. The van der Waals surface area contributed by atoms with Crippen molar-refractivity contribution in [2.75, 3.05) is 6.61 Å². The molecule has 0 atom stereocenters. The number of nitrogens with zero attached hydrogens (tertiary/aromatic N) is 1. The molecule has 0 saturated carbocycles. The summed E-state index contributed by atoms with van der Waals surface area (Å²) >= 11 is 12.0. The topological polar surface area (TPSA) is 50.7 Å². The van der Waals surface area contributed by atoms with Crippen LogP contribution >= 0.6 is 23.2 Å². The number of hydrogen-bond acceptors (Lipinski definition) is 3. The summed E-state index contributed by atoms with van der Waals surface area (Å²) in [5, 5.41) is 5.03. The number of carbonyl (C=O) groups is 1. The molecular formula is C16H14Cl2N2O2. The van der Waals surface area contributed by atoms with Crippen LogP contribution in [0.15, 0.2) is 53.6 Å². The van der Waals surface area contributed by atoms with Gasteiger partial charge in [-0.25, -0.2) is 5.43 Å². The number of ether oxygens (including phenoxy) is 1. The summed E-state index contributed by atoms with van der Waals surface area (Å²) in [7, 11) is 0. The highest BCUT2D eigenvalue weighted by Crippen LogP contribution is 2.22. The second-order valence-corrected chi connectivity index (χ2v) is 5.25. The molecule has 0 unspecified atom stereocenters. The fourth-order valence-electron chi connectivity index (χ4n) is 1.70. The van der Waals surface area contributed by atoms with Crippen molar-refractivity contribution in [2.24, 2.45) is 5.10 Å². The number of carbonyl (C=O) groups excluding carboxylic acids is 1. The maximum absolute atomic E-state index is 11.7. The molecule has 114 valence electrons. The highest BCUT2D eigenvalue weighted by Gasteiger charge is 2.06. The summed E-state index contributed by atoms with van der Waals surface area (Å²) in [5.41, 5.74) is 3.79. The predicted octanol–water partition coefficient (Wildman–Crippen LogP) is 3.91. The van der Waals surface area contributed by atoms with Gasteiger partial charge in [0.1, 0.15) is 5.75 Å². The number of rotatable bonds is 5. The molecule has 0 radical (unpaired) electrons. The van der Waals surface area contributed by atoms with Gasteiger partial charge < -0.3 is 4.74 Å². The summed E-state index contributed by atoms with van der Waals surface area (Å²) in [6.45, 7) is 1.58. The Morgan fingerprint density at radius 1 is 1.09 bits per heavy atom. The van der Waals surface area contributed by atoms with Crippen LogP contribution in [0.3, 0.4) is 0 Å². The lowest BCUT2D eigenvalue weighted by atomic mass is 10.1. The summed E-state index contributed by atoms with van der Waals surface area (Å²) in [4.78, 5) is 11.7. The van der Waals surface area contributed by atoms with E-state index in [9.17, 15) is 4.79 Å². The normalized spacial score (nSPS) is 11.1. The third kappa shape index (κ3) is 4.48. The van der Waals surface area contributed by atoms with E-state index in [2.05, 4.69) is 10.5 Å². The zero-order chi connectivity index (χ0) is 15.9. The Morgan fingerprint density at radius 3 is 2.41 bits per heavy atom. The van der Waals surface area contributed by atoms with Crippen molar-refractivity contribution in [1.82, 2.24) is 5.43 Å². The van der Waals surface area contributed by atoms with Crippen LogP contribution in [-0.4, -0.2) is 18.2 Å². The second kappa shape index (κ2) is 7.82. The molecule has 0 aliphatic rings. The molecular weight excluding hydrogens is 323 g/mol. The first-order valence-corrected chi connectivity index (χ1v) is 7.29. The van der Waals surface area contributed by atoms with Gasteiger partial charge in [0, 0.05) is 10.6 Å². The Bertz CT molecular complexity index is 702. The molecule has 1 N–H and O–H groups in total. The maximum Gasteiger partial charge on any atom is 0.277 e. The fraction of sp³-hybridized carbons (Fsp3) is 0.125. The van der Waals surface area contributed by atoms with E-state index in [1.54, 1.807) is 37.3 Å². The van der Waals surface area contributed by atoms with Gasteiger partial charge in [0.15, 0.2) is 6.61 Å². The quantitative estimate of drug-likeness (QED) is 0.664. The lowest BCUT2D eigenvalue weighted by Crippen LogP contribution is -2.25. The van der Waals surface area contributed by atoms with Crippen molar-refractivity contribution in [1.29, 1.82) is 0 Å². The molecule has 1 amide bonds. The number of nitrogens with one attached hydrogen (secondary N) is 1. The summed E-state index contributed by atoms with van der Waals surface area (Å²) < 4.78 is 5.32. The Balaban J connectivity index is 1.91. The molecule has 4 nitrogen and oxygen atoms in total. The summed E-state index contributed by atoms with van der Waals surface area (Å²) in [6, 6.07) is 14.2. The average Bonchev–Trinajstić information content (AvgIpc) is 2.52. The number of halogens is 2. The van der Waals surface area contributed by atoms with Crippen LogP contribution in [-0.2, 0) is 4.79 Å². The molecule has 0 aliphatic heterocycles. The number of benzene rings is 2. The van der Waals surface area contributed by atoms with Gasteiger partial charge >= 0.3 is 0 Å². The minimum Gasteiger partial charge on any atom is -0.482 e. The van der Waals surface area contributed by atoms with E-state index in [4.69, 9.17) is 27.9 Å². The highest BCUT2D eigenvalue weighted by molar-refractivity contribution is 6.34. The fourth-order valence-corrected chi connectivity index (χ4v) is 2.16. The zero-order valence-corrected chi connectivity index (χ0v) is 13.4. The van der Waals surface area contributed by atoms with Crippen LogP contribution in [0.25, 0.3) is 0 Å². The smallest absolute Gasteiger partial charge is 0.277 e. The molecule has 6 heteroatoms. The van der Waals surface area contributed by atoms with E-state index in [-0.39, 0.29) is 12.5 Å². The Labute approximate surface area is 138 Å². The van der Waals surface area contributed by atoms with Crippen molar-refractivity contribution < 1.29 is 9.53 Å². The van der Waals surface area contributed by atoms with Crippen molar-refractivity contribution >= 4 is 34.8 Å². The van der Waals surface area contributed by atoms with Gasteiger partial charge in [-0.2, -0.15) is 5.10 Å². The van der Waals surface area contributed by atoms with Crippen LogP contribution in [0, 0.1) is 0 Å². The molecule has 0 spiro atoms. The van der Waals surface area contributed by atoms with Crippen molar-refractivity contribution in [3.63, 3.8) is 0 Å². The van der Waals surface area contributed by atoms with Gasteiger partial charge in [0.05, 0.1) is 10.7 Å². The minimum absolute atomic E-state index is 0.178. The van der Waals surface area contributed by atoms with Gasteiger partial charge in [-0.3, -0.25) is 4.79 Å². The number of para-hydroxylation sites is 1. The Kier molecular flexibility index (Phi) is 5.81. The van der Waals surface area contributed by atoms with Crippen LogP contribution in [0.4, 0.5) is 0 Å². The first kappa shape index (κ1) is 16.3. The Morgan fingerprint density at radius 2 is 1.73 bits per heavy atom. The van der Waals surface area contributed by atoms with E-state index in [0.717, 1.165) is 5.56 Å². The zero-order valence-electron chi connectivity index (χ0n) is 11.8. The molecule has 0 heterocycles. The first-order valence-electron chi connectivity index (χ1n) is 6.53. The van der Waals surface area contributed by atoms with Crippen molar-refractivity contribution in [3.8, 4) is 5.75 Å². The molecule has 0 aromatic heterocycles. The second-order valence-electron chi connectivity index (χ2n) is 4.43. The maximum atomic E-state index is 11.7. The van der Waals surface area contributed by atoms with Crippen LogP contribution < -0.4 is 10.2 Å². The average molecular weight is 337 g/mol. The molecule has 0 bridgehead atoms. The van der Waals surface area contributed by atoms with Gasteiger partial charge in [-0.15, -0.1) is 0 Å². The van der Waals surface area contributed by atoms with E-state index in [1.165, 1.54) is 0 Å². The SMILES string of the molecule is C/C(=N/NC(=O)COc1ccccc1Cl)c1ccccc1Cl. The van der Waals surface area contributed by atoms with E-state index in [1.807, 2.05) is 18.2 Å². The summed E-state index contributed by atoms with van der Waals surface area (Å²) in [5.74, 6) is 0.0671. The molecule has 2 rings (SSSR count). The van der Waals surface area contributed by atoms with E-state index >= 15 is 0 Å². The summed E-state index contributed by atoms with van der Waals surface area (Å²) in [6.07, 6.45) is 0. The first-order chi connectivity index (χ1) is 10.6. The monoisotopic (exact) mass is 336 g/mol. The molecule has 0 fully saturated rings. The van der Waals surface area contributed by atoms with Crippen molar-refractivity contribution in [3.05, 3.63) is 64.1 Å². The largest absolute Gasteiger partial charge is 0.482 e. The Hall–Kier alpha value is -2.04. The van der Waals surface area contributed by atoms with Crippen LogP contribution in [0.2, 0.25) is 10.0 Å². The third-order valence-electron chi connectivity index (χ3n) is 2.81. The molecule has 2 aromatic rings. The van der Waals surface area contributed by atoms with Gasteiger partial charge in [-0.1, -0.05) is 53.5 Å². The number of hydrogen-bond donors (Lipinski definition) is 1. The number of amides is 1. The molecule has 2 aromatic carbocycles. The van der Waals surface area contributed by atoms with Gasteiger partial charge in [0.2, 0.25) is 0 Å². The minimum atomic E-state index is -0.383. The predicted molar refractivity (Wildman–Crippen MR) is 88.8 cm³/mol. The highest BCUT2D eigenvalue weighted by atomic mass is 35.5. The van der Waals surface area contributed by atoms with Crippen LogP contribution in [0.1, 0.15) is 12.5 Å². The number of hydrazone groups is 1. The molecule has 0 aliphatic carbocycles. The van der Waals surface area contributed by atoms with Gasteiger partial charge in [0.25, 0.3) is 5.91 Å². The van der Waals surface area contributed by atoms with Crippen molar-refractivity contribution in [2.45, 2.75) is 6.92 Å². The molecule has 0 saturated heterocycles. The molecule has 22 heavy (non-hydrogen) atoms. The van der Waals surface area contributed by atoms with Gasteiger partial charge in [-0.05, 0) is 25.1 Å². The van der Waals surface area contributed by atoms with Crippen LogP contribution in [0.5, 0.6) is 5.75 Å². The van der Waals surface area contributed by atoms with E-state index in [0.29, 0.717) is 21.5 Å². The third-order valence-corrected chi connectivity index (χ3v) is 3.45.